The Bertz CT molecular complexity index is 249. The number of hydrogen-bond donors (Lipinski definition) is 0. The molecule has 20 heteroatoms. The molecule has 0 aromatic heterocycles. The summed E-state index contributed by atoms with van der Waals surface area (Å²) in [5, 5.41) is 75.0. The zero-order valence-corrected chi connectivity index (χ0v) is 29.7. The molecule has 0 fully saturated rings. The van der Waals surface area contributed by atoms with Crippen molar-refractivity contribution in [1.82, 2.24) is 0 Å². The fourth-order valence-corrected chi connectivity index (χ4v) is 0. The Balaban J connectivity index is -0.00000000267. The summed E-state index contributed by atoms with van der Waals surface area (Å²) in [6.07, 6.45) is 0. The Morgan fingerprint density at radius 2 is 0.188 bits per heavy atom. The molecule has 2 radical (unpaired) electrons. The molecule has 0 bridgehead atoms. The first-order valence-electron chi connectivity index (χ1n) is 2.68. The van der Waals surface area contributed by atoms with E-state index in [1.54, 1.807) is 0 Å². The van der Waals surface area contributed by atoms with E-state index in [1.807, 2.05) is 0 Å². The molecule has 0 saturated carbocycles. The summed E-state index contributed by atoms with van der Waals surface area (Å²) in [6.45, 7) is 57.0. The summed E-state index contributed by atoms with van der Waals surface area (Å²) in [7, 11) is 0. The SMILES string of the molecule is [C-]#N.[C-]#N.[C-]#N.[C-]#N.[C-]#N.[C-]#N.[C-]#N.[C-]#N.[C-]#N.[C-]#N.[C-]#N.[C-]#N.[Fe+3].[Fe+3].[K+].[K+].[K+].[Li+].[Li+].[Li+]. The van der Waals surface area contributed by atoms with Gasteiger partial charge in [0.05, 0.1) is 0 Å². The quantitative estimate of drug-likeness (QED) is 0.196. The van der Waals surface area contributed by atoms with Gasteiger partial charge in [-0.15, -0.1) is 0 Å². The van der Waals surface area contributed by atoms with Gasteiger partial charge in [0.1, 0.15) is 0 Å². The molecule has 0 heterocycles. The van der Waals surface area contributed by atoms with Crippen LogP contribution < -0.4 is 211 Å². The van der Waals surface area contributed by atoms with Crippen LogP contribution >= 0.6 is 0 Å². The summed E-state index contributed by atoms with van der Waals surface area (Å²) >= 11 is 0. The van der Waals surface area contributed by atoms with Crippen LogP contribution in [0, 0.1) is 142 Å². The van der Waals surface area contributed by atoms with Gasteiger partial charge in [0, 0.05) is 0 Å². The predicted molar refractivity (Wildman–Crippen MR) is 59.6 cm³/mol. The number of hydrogen-bond acceptors (Lipinski definition) is 12. The van der Waals surface area contributed by atoms with Crippen molar-refractivity contribution in [3.63, 3.8) is 0 Å². The van der Waals surface area contributed by atoms with Crippen LogP contribution in [0.3, 0.4) is 0 Å². The van der Waals surface area contributed by atoms with E-state index in [0.717, 1.165) is 0 Å². The molecule has 0 atom stereocenters. The molecular formula is C12Fe2K3Li3N12. The molecule has 12 nitrogen and oxygen atoms in total. The molecule has 0 spiro atoms. The van der Waals surface area contributed by atoms with Gasteiger partial charge in [0.15, 0.2) is 0 Å². The monoisotopic (exact) mass is 562 g/mol. The molecule has 0 saturated heterocycles. The standard InChI is InChI=1S/12CN.2Fe.3K.3Li/c12*1-2;;;;;;;;/q12*-1;2*+3;6*+1. The van der Waals surface area contributed by atoms with Crippen LogP contribution in [0.25, 0.3) is 0 Å². The largest absolute Gasteiger partial charge is 3.00 e. The van der Waals surface area contributed by atoms with Crippen LogP contribution in [0.1, 0.15) is 0 Å². The predicted octanol–water partition coefficient (Wildman–Crippen LogP) is -16.8. The summed E-state index contributed by atoms with van der Waals surface area (Å²) in [5.74, 6) is 0. The average Bonchev–Trinajstić information content (AvgIpc) is 2.84. The molecule has 130 valence electrons. The number of rotatable bonds is 0. The van der Waals surface area contributed by atoms with Crippen molar-refractivity contribution in [3.8, 4) is 0 Å². The molecular weight excluding hydrogens is 562 g/mol. The Morgan fingerprint density at radius 1 is 0.188 bits per heavy atom. The Morgan fingerprint density at radius 3 is 0.188 bits per heavy atom. The van der Waals surface area contributed by atoms with Crippen LogP contribution in [0.5, 0.6) is 0 Å². The van der Waals surface area contributed by atoms with Crippen LogP contribution in [0.15, 0.2) is 0 Å². The van der Waals surface area contributed by atoms with Crippen molar-refractivity contribution in [1.29, 1.82) is 63.1 Å². The van der Waals surface area contributed by atoms with E-state index in [0.29, 0.717) is 0 Å². The smallest absolute Gasteiger partial charge is 0.512 e. The van der Waals surface area contributed by atoms with Crippen LogP contribution in [0.4, 0.5) is 0 Å². The zero-order valence-electron chi connectivity index (χ0n) is 18.1. The third-order valence-corrected chi connectivity index (χ3v) is 0. The molecule has 0 aliphatic carbocycles. The van der Waals surface area contributed by atoms with Gasteiger partial charge in [-0.2, -0.15) is 0 Å². The van der Waals surface area contributed by atoms with E-state index in [-0.39, 0.29) is 245 Å². The van der Waals surface area contributed by atoms with Crippen LogP contribution in [-0.4, -0.2) is 0 Å². The molecule has 0 N–H and O–H groups in total. The molecule has 0 amide bonds. The van der Waals surface area contributed by atoms with E-state index >= 15 is 0 Å². The molecule has 0 rings (SSSR count). The third kappa shape index (κ3) is 11300. The van der Waals surface area contributed by atoms with E-state index < -0.39 is 0 Å². The first-order valence-corrected chi connectivity index (χ1v) is 2.68. The maximum absolute atomic E-state index is 6.25. The second-order valence-corrected chi connectivity index (χ2v) is 0. The average molecular weight is 562 g/mol. The van der Waals surface area contributed by atoms with E-state index in [2.05, 4.69) is 0 Å². The minimum Gasteiger partial charge on any atom is -0.512 e. The Hall–Kier alpha value is 1.62. The van der Waals surface area contributed by atoms with Crippen molar-refractivity contribution in [2.45, 2.75) is 0 Å². The van der Waals surface area contributed by atoms with Gasteiger partial charge in [-0.05, 0) is 0 Å². The van der Waals surface area contributed by atoms with Gasteiger partial charge in [0.25, 0.3) is 0 Å². The van der Waals surface area contributed by atoms with E-state index in [9.17, 15) is 0 Å². The second-order valence-electron chi connectivity index (χ2n) is 0. The topological polar surface area (TPSA) is 285 Å². The first-order chi connectivity index (χ1) is 12.0. The van der Waals surface area contributed by atoms with Gasteiger partial charge >= 0.3 is 245 Å². The van der Waals surface area contributed by atoms with Crippen molar-refractivity contribution >= 4 is 0 Å². The van der Waals surface area contributed by atoms with Crippen molar-refractivity contribution < 1.29 is 245 Å². The fourth-order valence-electron chi connectivity index (χ4n) is 0. The van der Waals surface area contributed by atoms with Crippen molar-refractivity contribution in [2.24, 2.45) is 0 Å². The molecule has 0 unspecified atom stereocenters. The summed E-state index contributed by atoms with van der Waals surface area (Å²) < 4.78 is 0. The number of nitrogens with zero attached hydrogens (tertiary/aromatic N) is 12. The maximum Gasteiger partial charge on any atom is 3.00 e. The molecule has 0 aromatic carbocycles. The molecule has 0 aliphatic rings. The van der Waals surface area contributed by atoms with Crippen molar-refractivity contribution in [2.75, 3.05) is 0 Å². The zero-order chi connectivity index (χ0) is 24.0. The van der Waals surface area contributed by atoms with E-state index in [4.69, 9.17) is 142 Å². The first kappa shape index (κ1) is 193. The molecule has 0 aromatic rings. The maximum atomic E-state index is 6.25. The van der Waals surface area contributed by atoms with Gasteiger partial charge < -0.3 is 142 Å². The minimum atomic E-state index is 0. The summed E-state index contributed by atoms with van der Waals surface area (Å²) in [6, 6.07) is 0. The van der Waals surface area contributed by atoms with Crippen LogP contribution in [-0.2, 0) is 34.1 Å². The molecule has 0 aliphatic heterocycles. The van der Waals surface area contributed by atoms with Gasteiger partial charge in [-0.25, -0.2) is 0 Å². The van der Waals surface area contributed by atoms with Gasteiger partial charge in [0.2, 0.25) is 0 Å². The fraction of sp³-hybridized carbons (Fsp3) is 0. The molecule has 32 heavy (non-hydrogen) atoms. The van der Waals surface area contributed by atoms with E-state index in [1.165, 1.54) is 0 Å². The van der Waals surface area contributed by atoms with Crippen molar-refractivity contribution in [3.05, 3.63) is 78.9 Å². The third-order valence-electron chi connectivity index (χ3n) is 0. The second kappa shape index (κ2) is 12400. The van der Waals surface area contributed by atoms with Crippen LogP contribution in [0.2, 0.25) is 0 Å². The summed E-state index contributed by atoms with van der Waals surface area (Å²) in [4.78, 5) is 0. The minimum absolute atomic E-state index is 0. The van der Waals surface area contributed by atoms with Gasteiger partial charge in [-0.1, -0.05) is 0 Å². The normalized spacial score (nSPS) is 0.750. The Kier molecular flexibility index (Phi) is 74900. The Labute approximate surface area is 377 Å². The van der Waals surface area contributed by atoms with Gasteiger partial charge in [-0.3, -0.25) is 0 Å². The summed E-state index contributed by atoms with van der Waals surface area (Å²) in [5.41, 5.74) is 0.